The fraction of sp³-hybridized carbons (Fsp3) is 0.400. The molecule has 5 heteroatoms. The summed E-state index contributed by atoms with van der Waals surface area (Å²) in [6, 6.07) is 5.58. The zero-order valence-corrected chi connectivity index (χ0v) is 12.7. The number of benzene rings is 1. The Kier molecular flexibility index (Phi) is 4.78. The molecule has 3 nitrogen and oxygen atoms in total. The zero-order chi connectivity index (χ0) is 14.7. The fourth-order valence-corrected chi connectivity index (χ4v) is 2.08. The summed E-state index contributed by atoms with van der Waals surface area (Å²) in [4.78, 5) is 0. The maximum absolute atomic E-state index is 13.9. The average molecular weight is 296 g/mol. The van der Waals surface area contributed by atoms with Gasteiger partial charge in [-0.05, 0) is 24.6 Å². The van der Waals surface area contributed by atoms with Crippen LogP contribution in [0.5, 0.6) is 0 Å². The van der Waals surface area contributed by atoms with Crippen LogP contribution in [0, 0.1) is 12.7 Å². The lowest BCUT2D eigenvalue weighted by Gasteiger charge is -2.10. The normalized spacial score (nSPS) is 11.3. The number of hydrogen-bond acceptors (Lipinski definition) is 2. The number of hydrogen-bond donors (Lipinski definition) is 1. The second kappa shape index (κ2) is 6.37. The van der Waals surface area contributed by atoms with Crippen LogP contribution in [0.25, 0.3) is 0 Å². The molecule has 0 aliphatic carbocycles. The van der Waals surface area contributed by atoms with Crippen LogP contribution in [-0.2, 0) is 13.1 Å². The van der Waals surface area contributed by atoms with Gasteiger partial charge in [0.1, 0.15) is 5.82 Å². The van der Waals surface area contributed by atoms with E-state index < -0.39 is 0 Å². The Balaban J connectivity index is 2.15. The lowest BCUT2D eigenvalue weighted by atomic mass is 10.1. The first-order valence-corrected chi connectivity index (χ1v) is 7.03. The SMILES string of the molecule is Cc1nn(Cc2cc(CNC(C)C)ccc2F)cc1Cl. The molecule has 0 spiro atoms. The molecular formula is C15H19ClFN3. The van der Waals surface area contributed by atoms with E-state index in [4.69, 9.17) is 11.6 Å². The molecule has 1 aromatic heterocycles. The van der Waals surface area contributed by atoms with Gasteiger partial charge in [-0.25, -0.2) is 4.39 Å². The van der Waals surface area contributed by atoms with E-state index in [2.05, 4.69) is 24.3 Å². The van der Waals surface area contributed by atoms with E-state index in [9.17, 15) is 4.39 Å². The number of aromatic nitrogens is 2. The van der Waals surface area contributed by atoms with Crippen LogP contribution in [0.4, 0.5) is 4.39 Å². The number of halogens is 2. The number of nitrogens with zero attached hydrogens (tertiary/aromatic N) is 2. The quantitative estimate of drug-likeness (QED) is 0.914. The van der Waals surface area contributed by atoms with Crippen molar-refractivity contribution < 1.29 is 4.39 Å². The monoisotopic (exact) mass is 295 g/mol. The van der Waals surface area contributed by atoms with E-state index in [1.807, 2.05) is 13.0 Å². The van der Waals surface area contributed by atoms with Gasteiger partial charge in [0.15, 0.2) is 0 Å². The fourth-order valence-electron chi connectivity index (χ4n) is 1.93. The molecule has 108 valence electrons. The molecule has 0 saturated heterocycles. The maximum atomic E-state index is 13.9. The molecule has 0 bridgehead atoms. The zero-order valence-electron chi connectivity index (χ0n) is 12.0. The second-order valence-electron chi connectivity index (χ2n) is 5.22. The van der Waals surface area contributed by atoms with Gasteiger partial charge in [0.2, 0.25) is 0 Å². The second-order valence-corrected chi connectivity index (χ2v) is 5.63. The third kappa shape index (κ3) is 3.81. The largest absolute Gasteiger partial charge is 0.310 e. The molecular weight excluding hydrogens is 277 g/mol. The third-order valence-electron chi connectivity index (χ3n) is 3.04. The maximum Gasteiger partial charge on any atom is 0.128 e. The number of nitrogens with one attached hydrogen (secondary N) is 1. The molecule has 2 rings (SSSR count). The lowest BCUT2D eigenvalue weighted by molar-refractivity contribution is 0.572. The molecule has 1 aromatic carbocycles. The third-order valence-corrected chi connectivity index (χ3v) is 3.41. The molecule has 1 N–H and O–H groups in total. The molecule has 0 unspecified atom stereocenters. The highest BCUT2D eigenvalue weighted by Gasteiger charge is 2.08. The smallest absolute Gasteiger partial charge is 0.128 e. The molecule has 2 aromatic rings. The molecule has 20 heavy (non-hydrogen) atoms. The molecule has 0 saturated carbocycles. The average Bonchev–Trinajstić information content (AvgIpc) is 2.69. The van der Waals surface area contributed by atoms with Crippen LogP contribution in [0.15, 0.2) is 24.4 Å². The summed E-state index contributed by atoms with van der Waals surface area (Å²) in [7, 11) is 0. The Hall–Kier alpha value is -1.39. The van der Waals surface area contributed by atoms with Crippen molar-refractivity contribution in [1.29, 1.82) is 0 Å². The van der Waals surface area contributed by atoms with Gasteiger partial charge < -0.3 is 5.32 Å². The molecule has 0 fully saturated rings. The standard InChI is InChI=1S/C15H19ClFN3/c1-10(2)18-7-12-4-5-15(17)13(6-12)8-20-9-14(16)11(3)19-20/h4-6,9-10,18H,7-8H2,1-3H3. The predicted molar refractivity (Wildman–Crippen MR) is 79.5 cm³/mol. The highest BCUT2D eigenvalue weighted by Crippen LogP contribution is 2.16. The van der Waals surface area contributed by atoms with Crippen LogP contribution < -0.4 is 5.32 Å². The highest BCUT2D eigenvalue weighted by molar-refractivity contribution is 6.31. The molecule has 0 aliphatic heterocycles. The summed E-state index contributed by atoms with van der Waals surface area (Å²) in [5.41, 5.74) is 2.43. The van der Waals surface area contributed by atoms with Crippen LogP contribution in [0.2, 0.25) is 5.02 Å². The summed E-state index contributed by atoms with van der Waals surface area (Å²) < 4.78 is 15.5. The topological polar surface area (TPSA) is 29.9 Å². The Morgan fingerprint density at radius 1 is 1.40 bits per heavy atom. The number of rotatable bonds is 5. The molecule has 0 atom stereocenters. The van der Waals surface area contributed by atoms with Crippen LogP contribution >= 0.6 is 11.6 Å². The minimum atomic E-state index is -0.220. The van der Waals surface area contributed by atoms with Gasteiger partial charge in [-0.2, -0.15) is 5.10 Å². The lowest BCUT2D eigenvalue weighted by Crippen LogP contribution is -2.22. The number of aryl methyl sites for hydroxylation is 1. The van der Waals surface area contributed by atoms with Crippen molar-refractivity contribution in [2.45, 2.75) is 39.9 Å². The molecule has 1 heterocycles. The van der Waals surface area contributed by atoms with E-state index in [1.165, 1.54) is 6.07 Å². The van der Waals surface area contributed by atoms with Gasteiger partial charge in [-0.3, -0.25) is 4.68 Å². The van der Waals surface area contributed by atoms with Crippen molar-refractivity contribution in [1.82, 2.24) is 15.1 Å². The van der Waals surface area contributed by atoms with Crippen molar-refractivity contribution in [3.63, 3.8) is 0 Å². The van der Waals surface area contributed by atoms with E-state index in [0.717, 1.165) is 17.8 Å². The Labute approximate surface area is 123 Å². The van der Waals surface area contributed by atoms with E-state index >= 15 is 0 Å². The van der Waals surface area contributed by atoms with Gasteiger partial charge in [0.25, 0.3) is 0 Å². The molecule has 0 amide bonds. The van der Waals surface area contributed by atoms with Crippen LogP contribution in [0.1, 0.15) is 30.7 Å². The minimum Gasteiger partial charge on any atom is -0.310 e. The minimum absolute atomic E-state index is 0.220. The van der Waals surface area contributed by atoms with Crippen LogP contribution in [0.3, 0.4) is 0 Å². The first-order chi connectivity index (χ1) is 9.45. The molecule has 0 radical (unpaired) electrons. The van der Waals surface area contributed by atoms with E-state index in [-0.39, 0.29) is 5.82 Å². The Morgan fingerprint density at radius 3 is 2.75 bits per heavy atom. The van der Waals surface area contributed by atoms with Crippen molar-refractivity contribution >= 4 is 11.6 Å². The van der Waals surface area contributed by atoms with Gasteiger partial charge in [-0.1, -0.05) is 31.5 Å². The summed E-state index contributed by atoms with van der Waals surface area (Å²) in [5.74, 6) is -0.220. The van der Waals surface area contributed by atoms with Crippen molar-refractivity contribution in [3.05, 3.63) is 52.1 Å². The Bertz CT molecular complexity index is 573. The first-order valence-electron chi connectivity index (χ1n) is 6.66. The van der Waals surface area contributed by atoms with Crippen molar-refractivity contribution in [2.24, 2.45) is 0 Å². The van der Waals surface area contributed by atoms with Gasteiger partial charge in [-0.15, -0.1) is 0 Å². The highest BCUT2D eigenvalue weighted by atomic mass is 35.5. The Morgan fingerprint density at radius 2 is 2.15 bits per heavy atom. The molecule has 0 aliphatic rings. The summed E-state index contributed by atoms with van der Waals surface area (Å²) in [5, 5.41) is 8.17. The van der Waals surface area contributed by atoms with Gasteiger partial charge in [0, 0.05) is 24.3 Å². The van der Waals surface area contributed by atoms with Gasteiger partial charge in [0.05, 0.1) is 17.3 Å². The van der Waals surface area contributed by atoms with Crippen molar-refractivity contribution in [2.75, 3.05) is 0 Å². The summed E-state index contributed by atoms with van der Waals surface area (Å²) in [6.45, 7) is 7.11. The summed E-state index contributed by atoms with van der Waals surface area (Å²) in [6.07, 6.45) is 1.72. The van der Waals surface area contributed by atoms with E-state index in [0.29, 0.717) is 23.2 Å². The van der Waals surface area contributed by atoms with E-state index in [1.54, 1.807) is 16.9 Å². The van der Waals surface area contributed by atoms with Crippen molar-refractivity contribution in [3.8, 4) is 0 Å². The first kappa shape index (κ1) is 15.0. The van der Waals surface area contributed by atoms with Crippen LogP contribution in [-0.4, -0.2) is 15.8 Å². The summed E-state index contributed by atoms with van der Waals surface area (Å²) >= 11 is 5.96. The van der Waals surface area contributed by atoms with Gasteiger partial charge >= 0.3 is 0 Å². The predicted octanol–water partition coefficient (Wildman–Crippen LogP) is 3.53.